The molecule has 1 aromatic rings. The van der Waals surface area contributed by atoms with Crippen LogP contribution in [0.4, 0.5) is 4.39 Å². The Balaban J connectivity index is 1.39. The van der Waals surface area contributed by atoms with E-state index < -0.39 is 12.2 Å². The lowest BCUT2D eigenvalue weighted by Gasteiger charge is -2.28. The molecule has 0 saturated heterocycles. The van der Waals surface area contributed by atoms with Crippen molar-refractivity contribution >= 4 is 11.4 Å². The van der Waals surface area contributed by atoms with E-state index in [1.165, 1.54) is 0 Å². The summed E-state index contributed by atoms with van der Waals surface area (Å²) >= 11 is 0. The van der Waals surface area contributed by atoms with Crippen molar-refractivity contribution in [1.82, 2.24) is 26.2 Å². The van der Waals surface area contributed by atoms with Gasteiger partial charge in [-0.15, -0.1) is 0 Å². The number of benzene rings is 1. The van der Waals surface area contributed by atoms with E-state index in [9.17, 15) is 14.4 Å². The number of likely N-dealkylation sites (N-methyl/N-ethyl adjacent to an activating group) is 1. The number of ketones is 1. The number of halogens is 1. The number of Topliss-reactive ketones (excluding diaryl/α,β-unsaturated/α-hetero) is 1. The van der Waals surface area contributed by atoms with E-state index in [0.29, 0.717) is 31.5 Å². The molecule has 0 aromatic heterocycles. The molecule has 1 aliphatic carbocycles. The molecular formula is C26H34FN7O. The number of hydrogen-bond donors (Lipinski definition) is 5. The lowest BCUT2D eigenvalue weighted by Crippen LogP contribution is -2.46. The quantitative estimate of drug-likeness (QED) is 0.361. The number of nitrogens with one attached hydrogen (secondary N) is 4. The number of nitrogens with two attached hydrogens (primary N) is 1. The zero-order chi connectivity index (χ0) is 24.9. The van der Waals surface area contributed by atoms with Gasteiger partial charge >= 0.3 is 0 Å². The Bertz CT molecular complexity index is 1090. The summed E-state index contributed by atoms with van der Waals surface area (Å²) in [6, 6.07) is 7.32. The predicted molar refractivity (Wildman–Crippen MR) is 134 cm³/mol. The molecule has 1 fully saturated rings. The van der Waals surface area contributed by atoms with Gasteiger partial charge in [0, 0.05) is 39.3 Å². The molecule has 186 valence electrons. The fraction of sp³-hybridized carbons (Fsp3) is 0.462. The first-order chi connectivity index (χ1) is 16.9. The fourth-order valence-electron chi connectivity index (χ4n) is 5.26. The van der Waals surface area contributed by atoms with Crippen LogP contribution in [0.25, 0.3) is 5.57 Å². The van der Waals surface area contributed by atoms with Gasteiger partial charge in [0.2, 0.25) is 0 Å². The fourth-order valence-corrected chi connectivity index (χ4v) is 5.26. The highest BCUT2D eigenvalue weighted by Crippen LogP contribution is 2.36. The molecule has 4 unspecified atom stereocenters. The number of nitriles is 1. The van der Waals surface area contributed by atoms with Crippen LogP contribution < -0.4 is 27.0 Å². The molecule has 0 amide bonds. The summed E-state index contributed by atoms with van der Waals surface area (Å²) in [5, 5.41) is 22.3. The maximum Gasteiger partial charge on any atom is 0.174 e. The zero-order valence-electron chi connectivity index (χ0n) is 20.3. The predicted octanol–water partition coefficient (Wildman–Crippen LogP) is 1.43. The van der Waals surface area contributed by atoms with E-state index in [2.05, 4.69) is 32.2 Å². The van der Waals surface area contributed by atoms with Gasteiger partial charge in [0.1, 0.15) is 18.4 Å². The third-order valence-electron chi connectivity index (χ3n) is 7.01. The average molecular weight is 480 g/mol. The second-order valence-corrected chi connectivity index (χ2v) is 9.37. The van der Waals surface area contributed by atoms with E-state index in [1.54, 1.807) is 13.2 Å². The SMILES string of the molecule is CN/C=C(\CN)c1cc(C#N)cc(CNCC(=O)C2NC=CC3=C2NC(C2CCC(F)C2)N3C)c1. The first kappa shape index (κ1) is 24.8. The summed E-state index contributed by atoms with van der Waals surface area (Å²) in [6.07, 6.45) is 6.86. The van der Waals surface area contributed by atoms with Gasteiger partial charge in [0.05, 0.1) is 29.6 Å². The van der Waals surface area contributed by atoms with Crippen LogP contribution in [-0.2, 0) is 11.3 Å². The van der Waals surface area contributed by atoms with Crippen molar-refractivity contribution in [3.05, 3.63) is 64.8 Å². The largest absolute Gasteiger partial charge is 0.394 e. The first-order valence-electron chi connectivity index (χ1n) is 12.1. The first-order valence-corrected chi connectivity index (χ1v) is 12.1. The highest BCUT2D eigenvalue weighted by atomic mass is 19.1. The topological polar surface area (TPSA) is 118 Å². The van der Waals surface area contributed by atoms with Crippen LogP contribution in [0.1, 0.15) is 36.0 Å². The Kier molecular flexibility index (Phi) is 7.73. The molecule has 0 spiro atoms. The number of carbonyl (C=O) groups excluding carboxylic acids is 1. The van der Waals surface area contributed by atoms with Gasteiger partial charge in [0.15, 0.2) is 5.78 Å². The van der Waals surface area contributed by atoms with E-state index in [-0.39, 0.29) is 24.4 Å². The summed E-state index contributed by atoms with van der Waals surface area (Å²) in [5.41, 5.74) is 10.9. The van der Waals surface area contributed by atoms with Gasteiger partial charge in [-0.3, -0.25) is 4.79 Å². The van der Waals surface area contributed by atoms with Crippen LogP contribution in [-0.4, -0.2) is 56.2 Å². The molecule has 3 aliphatic rings. The Morgan fingerprint density at radius 3 is 2.89 bits per heavy atom. The molecular weight excluding hydrogens is 445 g/mol. The van der Waals surface area contributed by atoms with Crippen molar-refractivity contribution in [2.24, 2.45) is 11.7 Å². The number of allylic oxidation sites excluding steroid dienone is 1. The third kappa shape index (κ3) is 5.34. The maximum absolute atomic E-state index is 13.8. The van der Waals surface area contributed by atoms with Crippen molar-refractivity contribution < 1.29 is 9.18 Å². The van der Waals surface area contributed by atoms with Gasteiger partial charge in [-0.2, -0.15) is 5.26 Å². The molecule has 0 radical (unpaired) electrons. The normalized spacial score (nSPS) is 25.7. The lowest BCUT2D eigenvalue weighted by atomic mass is 10.0. The molecule has 35 heavy (non-hydrogen) atoms. The van der Waals surface area contributed by atoms with Gasteiger partial charge in [-0.25, -0.2) is 4.39 Å². The zero-order valence-corrected chi connectivity index (χ0v) is 20.3. The minimum absolute atomic E-state index is 0.00288. The second kappa shape index (κ2) is 10.9. The van der Waals surface area contributed by atoms with Crippen LogP contribution in [0.2, 0.25) is 0 Å². The molecule has 6 N–H and O–H groups in total. The standard InChI is InChI=1S/C26H34FN7O/c1-30-14-20(12-29)19-8-16(11-28)7-17(9-19)13-31-15-23(35)25-24-22(5-6-32-25)34(2)26(33-24)18-3-4-21(27)10-18/h5-9,14,18,21,25-26,30-33H,3-4,10,12-13,15,29H2,1-2H3/b20-14+. The highest BCUT2D eigenvalue weighted by molar-refractivity contribution is 5.89. The Labute approximate surface area is 206 Å². The number of nitrogens with zero attached hydrogens (tertiary/aromatic N) is 2. The van der Waals surface area contributed by atoms with E-state index >= 15 is 0 Å². The molecule has 1 aromatic carbocycles. The summed E-state index contributed by atoms with van der Waals surface area (Å²) < 4.78 is 13.8. The van der Waals surface area contributed by atoms with Gasteiger partial charge in [-0.05, 0) is 66.4 Å². The minimum Gasteiger partial charge on any atom is -0.394 e. The number of alkyl halides is 1. The molecule has 0 bridgehead atoms. The van der Waals surface area contributed by atoms with E-state index in [0.717, 1.165) is 34.5 Å². The highest BCUT2D eigenvalue weighted by Gasteiger charge is 2.41. The van der Waals surface area contributed by atoms with Crippen molar-refractivity contribution in [3.63, 3.8) is 0 Å². The number of carbonyl (C=O) groups is 1. The Morgan fingerprint density at radius 1 is 1.37 bits per heavy atom. The lowest BCUT2D eigenvalue weighted by molar-refractivity contribution is -0.119. The summed E-state index contributed by atoms with van der Waals surface area (Å²) in [6.45, 7) is 0.946. The Morgan fingerprint density at radius 2 is 2.20 bits per heavy atom. The number of rotatable bonds is 9. The smallest absolute Gasteiger partial charge is 0.174 e. The molecule has 2 aliphatic heterocycles. The van der Waals surface area contributed by atoms with Gasteiger partial charge < -0.3 is 31.9 Å². The van der Waals surface area contributed by atoms with Crippen molar-refractivity contribution in [2.75, 3.05) is 27.2 Å². The molecule has 9 heteroatoms. The summed E-state index contributed by atoms with van der Waals surface area (Å²) in [7, 11) is 3.80. The molecule has 2 heterocycles. The number of hydrogen-bond acceptors (Lipinski definition) is 8. The monoisotopic (exact) mass is 479 g/mol. The number of dihydropyridines is 1. The van der Waals surface area contributed by atoms with Crippen LogP contribution >= 0.6 is 0 Å². The van der Waals surface area contributed by atoms with E-state index in [4.69, 9.17) is 5.73 Å². The van der Waals surface area contributed by atoms with Crippen LogP contribution in [0.3, 0.4) is 0 Å². The van der Waals surface area contributed by atoms with E-state index in [1.807, 2.05) is 37.5 Å². The maximum atomic E-state index is 13.8. The third-order valence-corrected chi connectivity index (χ3v) is 7.01. The Hall–Kier alpha value is -3.35. The summed E-state index contributed by atoms with van der Waals surface area (Å²) in [5.74, 6) is 0.229. The van der Waals surface area contributed by atoms with Crippen LogP contribution in [0.15, 0.2) is 48.1 Å². The van der Waals surface area contributed by atoms with Gasteiger partial charge in [-0.1, -0.05) is 0 Å². The molecule has 4 rings (SSSR count). The summed E-state index contributed by atoms with van der Waals surface area (Å²) in [4.78, 5) is 15.3. The average Bonchev–Trinajstić information content (AvgIpc) is 3.44. The van der Waals surface area contributed by atoms with Crippen molar-refractivity contribution in [2.45, 2.75) is 44.2 Å². The molecule has 1 saturated carbocycles. The molecule has 8 nitrogen and oxygen atoms in total. The minimum atomic E-state index is -0.738. The second-order valence-electron chi connectivity index (χ2n) is 9.37. The van der Waals surface area contributed by atoms with Crippen LogP contribution in [0.5, 0.6) is 0 Å². The van der Waals surface area contributed by atoms with Crippen LogP contribution in [0, 0.1) is 17.2 Å². The molecule has 4 atom stereocenters. The van der Waals surface area contributed by atoms with Crippen molar-refractivity contribution in [1.29, 1.82) is 5.26 Å². The van der Waals surface area contributed by atoms with Gasteiger partial charge in [0.25, 0.3) is 0 Å². The van der Waals surface area contributed by atoms with Crippen molar-refractivity contribution in [3.8, 4) is 6.07 Å².